The zero-order chi connectivity index (χ0) is 19.0. The van der Waals surface area contributed by atoms with Crippen molar-refractivity contribution < 1.29 is 5.11 Å². The van der Waals surface area contributed by atoms with Crippen molar-refractivity contribution in [1.82, 2.24) is 24.5 Å². The number of fused-ring (bicyclic) bond motifs is 1. The van der Waals surface area contributed by atoms with Gasteiger partial charge in [0.1, 0.15) is 5.75 Å². The summed E-state index contributed by atoms with van der Waals surface area (Å²) in [6, 6.07) is 4.05. The summed E-state index contributed by atoms with van der Waals surface area (Å²) >= 11 is 0. The topological polar surface area (TPSA) is 78.6 Å². The second kappa shape index (κ2) is 7.15. The number of hydrogen-bond donors (Lipinski definition) is 2. The van der Waals surface area contributed by atoms with Crippen LogP contribution in [0.5, 0.6) is 5.75 Å². The van der Waals surface area contributed by atoms with E-state index in [1.54, 1.807) is 12.3 Å². The summed E-state index contributed by atoms with van der Waals surface area (Å²) in [4.78, 5) is 6.93. The number of aromatic hydroxyl groups is 1. The number of rotatable bonds is 4. The van der Waals surface area contributed by atoms with Crippen LogP contribution in [0.15, 0.2) is 24.5 Å². The van der Waals surface area contributed by atoms with E-state index < -0.39 is 0 Å². The standard InChI is InChI=1S/C20H26N6O/c1-4-25-8-5-6-15(12-25)22-18-20-21-7-9-26(20)19(24-23-18)16-10-13(2)14(3)11-17(16)27/h7,9-11,15,27H,4-6,8,12H2,1-3H3,(H,22,23)/t15-/m1/s1. The lowest BCUT2D eigenvalue weighted by molar-refractivity contribution is 0.226. The third-order valence-electron chi connectivity index (χ3n) is 5.47. The number of likely N-dealkylation sites (N-methyl/N-ethyl adjacent to an activating group) is 1. The molecule has 0 amide bonds. The van der Waals surface area contributed by atoms with Crippen LogP contribution in [0.1, 0.15) is 30.9 Å². The maximum atomic E-state index is 10.4. The first-order valence-corrected chi connectivity index (χ1v) is 9.56. The molecule has 2 N–H and O–H groups in total. The molecule has 1 atom stereocenters. The molecule has 0 aliphatic carbocycles. The van der Waals surface area contributed by atoms with E-state index in [-0.39, 0.29) is 5.75 Å². The van der Waals surface area contributed by atoms with Gasteiger partial charge in [-0.3, -0.25) is 4.40 Å². The highest BCUT2D eigenvalue weighted by molar-refractivity contribution is 5.71. The first kappa shape index (κ1) is 17.7. The maximum Gasteiger partial charge on any atom is 0.192 e. The summed E-state index contributed by atoms with van der Waals surface area (Å²) < 4.78 is 1.89. The minimum absolute atomic E-state index is 0.203. The third kappa shape index (κ3) is 3.35. The molecule has 142 valence electrons. The number of nitrogens with zero attached hydrogens (tertiary/aromatic N) is 5. The lowest BCUT2D eigenvalue weighted by atomic mass is 10.0. The monoisotopic (exact) mass is 366 g/mol. The van der Waals surface area contributed by atoms with Crippen molar-refractivity contribution in [3.05, 3.63) is 35.7 Å². The molecular weight excluding hydrogens is 340 g/mol. The predicted octanol–water partition coefficient (Wildman–Crippen LogP) is 3.01. The summed E-state index contributed by atoms with van der Waals surface area (Å²) in [6.07, 6.45) is 5.89. The predicted molar refractivity (Wildman–Crippen MR) is 106 cm³/mol. The van der Waals surface area contributed by atoms with Gasteiger partial charge in [-0.05, 0) is 63.0 Å². The summed E-state index contributed by atoms with van der Waals surface area (Å²) in [7, 11) is 0. The summed E-state index contributed by atoms with van der Waals surface area (Å²) in [5, 5.41) is 22.8. The second-order valence-electron chi connectivity index (χ2n) is 7.32. The highest BCUT2D eigenvalue weighted by atomic mass is 16.3. The van der Waals surface area contributed by atoms with Gasteiger partial charge in [0.2, 0.25) is 0 Å². The lowest BCUT2D eigenvalue weighted by Gasteiger charge is -2.32. The maximum absolute atomic E-state index is 10.4. The van der Waals surface area contributed by atoms with Crippen LogP contribution >= 0.6 is 0 Å². The van der Waals surface area contributed by atoms with Crippen molar-refractivity contribution in [3.63, 3.8) is 0 Å². The molecule has 0 bridgehead atoms. The van der Waals surface area contributed by atoms with Crippen molar-refractivity contribution in [3.8, 4) is 17.1 Å². The van der Waals surface area contributed by atoms with Gasteiger partial charge < -0.3 is 15.3 Å². The van der Waals surface area contributed by atoms with Gasteiger partial charge in [-0.2, -0.15) is 0 Å². The minimum Gasteiger partial charge on any atom is -0.507 e. The molecule has 0 saturated carbocycles. The van der Waals surface area contributed by atoms with Crippen LogP contribution in [-0.2, 0) is 0 Å². The van der Waals surface area contributed by atoms with Crippen LogP contribution in [-0.4, -0.2) is 55.3 Å². The SMILES string of the molecule is CCN1CCC[C@@H](Nc2nnc(-c3cc(C)c(C)cc3O)n3ccnc23)C1. The zero-order valence-electron chi connectivity index (χ0n) is 16.1. The molecule has 1 saturated heterocycles. The number of piperidine rings is 1. The Morgan fingerprint density at radius 1 is 1.22 bits per heavy atom. The summed E-state index contributed by atoms with van der Waals surface area (Å²) in [6.45, 7) is 9.42. The molecule has 0 radical (unpaired) electrons. The first-order valence-electron chi connectivity index (χ1n) is 9.56. The molecule has 7 heteroatoms. The van der Waals surface area contributed by atoms with E-state index in [1.807, 2.05) is 30.5 Å². The van der Waals surface area contributed by atoms with E-state index in [1.165, 1.54) is 6.42 Å². The lowest BCUT2D eigenvalue weighted by Crippen LogP contribution is -2.42. The Bertz CT molecular complexity index is 967. The van der Waals surface area contributed by atoms with Crippen LogP contribution in [0.2, 0.25) is 0 Å². The average molecular weight is 366 g/mol. The van der Waals surface area contributed by atoms with Crippen LogP contribution in [0.4, 0.5) is 5.82 Å². The molecule has 1 fully saturated rings. The van der Waals surface area contributed by atoms with Crippen molar-refractivity contribution in [2.45, 2.75) is 39.7 Å². The molecule has 3 heterocycles. The molecule has 3 aromatic rings. The van der Waals surface area contributed by atoms with Gasteiger partial charge in [0.05, 0.1) is 5.56 Å². The number of benzene rings is 1. The fourth-order valence-corrected chi connectivity index (χ4v) is 3.75. The van der Waals surface area contributed by atoms with Crippen molar-refractivity contribution in [1.29, 1.82) is 0 Å². The molecule has 1 aliphatic rings. The molecule has 4 rings (SSSR count). The van der Waals surface area contributed by atoms with Crippen LogP contribution in [0.3, 0.4) is 0 Å². The largest absolute Gasteiger partial charge is 0.507 e. The van der Waals surface area contributed by atoms with Crippen molar-refractivity contribution in [2.24, 2.45) is 0 Å². The highest BCUT2D eigenvalue weighted by Gasteiger charge is 2.21. The molecule has 2 aromatic heterocycles. The van der Waals surface area contributed by atoms with E-state index in [0.29, 0.717) is 23.2 Å². The zero-order valence-corrected chi connectivity index (χ0v) is 16.1. The van der Waals surface area contributed by atoms with Crippen molar-refractivity contribution in [2.75, 3.05) is 25.0 Å². The van der Waals surface area contributed by atoms with Crippen molar-refractivity contribution >= 4 is 11.5 Å². The first-order chi connectivity index (χ1) is 13.1. The van der Waals surface area contributed by atoms with Gasteiger partial charge in [0.25, 0.3) is 0 Å². The summed E-state index contributed by atoms with van der Waals surface area (Å²) in [5.74, 6) is 1.48. The van der Waals surface area contributed by atoms with Gasteiger partial charge in [-0.25, -0.2) is 4.98 Å². The average Bonchev–Trinajstić information content (AvgIpc) is 3.16. The Morgan fingerprint density at radius 2 is 2.04 bits per heavy atom. The van der Waals surface area contributed by atoms with E-state index in [4.69, 9.17) is 0 Å². The Hall–Kier alpha value is -2.67. The van der Waals surface area contributed by atoms with Crippen LogP contribution in [0.25, 0.3) is 17.0 Å². The number of aromatic nitrogens is 4. The third-order valence-corrected chi connectivity index (χ3v) is 5.47. The molecule has 0 unspecified atom stereocenters. The van der Waals surface area contributed by atoms with Crippen LogP contribution in [0, 0.1) is 13.8 Å². The number of hydrogen-bond acceptors (Lipinski definition) is 6. The number of nitrogens with one attached hydrogen (secondary N) is 1. The fourth-order valence-electron chi connectivity index (χ4n) is 3.75. The fraction of sp³-hybridized carbons (Fsp3) is 0.450. The minimum atomic E-state index is 0.203. The van der Waals surface area contributed by atoms with E-state index in [0.717, 1.165) is 42.8 Å². The molecule has 27 heavy (non-hydrogen) atoms. The number of phenols is 1. The second-order valence-corrected chi connectivity index (χ2v) is 7.32. The number of aryl methyl sites for hydroxylation is 2. The smallest absolute Gasteiger partial charge is 0.192 e. The summed E-state index contributed by atoms with van der Waals surface area (Å²) in [5.41, 5.74) is 3.53. The number of phenolic OH excluding ortho intramolecular Hbond substituents is 1. The van der Waals surface area contributed by atoms with E-state index in [9.17, 15) is 5.11 Å². The molecular formula is C20H26N6O. The molecule has 1 aromatic carbocycles. The molecule has 7 nitrogen and oxygen atoms in total. The molecule has 0 spiro atoms. The van der Waals surface area contributed by atoms with E-state index >= 15 is 0 Å². The Kier molecular flexibility index (Phi) is 4.70. The number of likely N-dealkylation sites (tertiary alicyclic amines) is 1. The van der Waals surface area contributed by atoms with Gasteiger partial charge in [0.15, 0.2) is 17.3 Å². The highest BCUT2D eigenvalue weighted by Crippen LogP contribution is 2.31. The van der Waals surface area contributed by atoms with Gasteiger partial charge >= 0.3 is 0 Å². The normalized spacial score (nSPS) is 18.1. The Morgan fingerprint density at radius 3 is 2.85 bits per heavy atom. The Labute approximate surface area is 159 Å². The van der Waals surface area contributed by atoms with Crippen LogP contribution < -0.4 is 5.32 Å². The van der Waals surface area contributed by atoms with Gasteiger partial charge in [0, 0.05) is 25.0 Å². The quantitative estimate of drug-likeness (QED) is 0.739. The van der Waals surface area contributed by atoms with Gasteiger partial charge in [-0.1, -0.05) is 6.92 Å². The van der Waals surface area contributed by atoms with Gasteiger partial charge in [-0.15, -0.1) is 10.2 Å². The Balaban J connectivity index is 1.70. The molecule has 1 aliphatic heterocycles. The van der Waals surface area contributed by atoms with E-state index in [2.05, 4.69) is 32.3 Å². The number of imidazole rings is 1. The number of anilines is 1.